The molecule has 1 aromatic carbocycles. The molecule has 0 bridgehead atoms. The fourth-order valence-corrected chi connectivity index (χ4v) is 2.57. The lowest BCUT2D eigenvalue weighted by atomic mass is 10.1. The van der Waals surface area contributed by atoms with Gasteiger partial charge in [-0.1, -0.05) is 18.2 Å². The van der Waals surface area contributed by atoms with Gasteiger partial charge in [-0.3, -0.25) is 9.00 Å². The Labute approximate surface area is 73.1 Å². The van der Waals surface area contributed by atoms with Crippen molar-refractivity contribution in [2.75, 3.05) is 5.75 Å². The van der Waals surface area contributed by atoms with Crippen molar-refractivity contribution in [3.63, 3.8) is 0 Å². The molecule has 62 valence electrons. The molecule has 1 aromatic rings. The van der Waals surface area contributed by atoms with Crippen LogP contribution in [-0.4, -0.2) is 15.7 Å². The van der Waals surface area contributed by atoms with Crippen LogP contribution in [0.2, 0.25) is 0 Å². The van der Waals surface area contributed by atoms with E-state index in [4.69, 9.17) is 0 Å². The number of hydrogen-bond donors (Lipinski definition) is 0. The minimum Gasteiger partial charge on any atom is -0.294 e. The van der Waals surface area contributed by atoms with Gasteiger partial charge in [0.2, 0.25) is 0 Å². The van der Waals surface area contributed by atoms with E-state index in [-0.39, 0.29) is 5.78 Å². The highest BCUT2D eigenvalue weighted by molar-refractivity contribution is 7.85. The van der Waals surface area contributed by atoms with Crippen LogP contribution in [0.1, 0.15) is 16.8 Å². The molecule has 0 aliphatic carbocycles. The van der Waals surface area contributed by atoms with Crippen molar-refractivity contribution < 1.29 is 9.00 Å². The second kappa shape index (κ2) is 2.83. The molecule has 0 saturated carbocycles. The SMILES string of the molecule is O=C1CC[S@@](=O)c2ccccc21. The Kier molecular flexibility index (Phi) is 1.81. The Balaban J connectivity index is 2.62. The normalized spacial score (nSPS) is 22.0. The summed E-state index contributed by atoms with van der Waals surface area (Å²) in [6.45, 7) is 0. The average molecular weight is 180 g/mol. The van der Waals surface area contributed by atoms with Gasteiger partial charge in [-0.05, 0) is 6.07 Å². The Morgan fingerprint density at radius 1 is 1.25 bits per heavy atom. The molecule has 12 heavy (non-hydrogen) atoms. The molecular weight excluding hydrogens is 172 g/mol. The molecule has 2 rings (SSSR count). The van der Waals surface area contributed by atoms with Crippen molar-refractivity contribution in [2.45, 2.75) is 11.3 Å². The van der Waals surface area contributed by atoms with E-state index in [1.165, 1.54) is 0 Å². The summed E-state index contributed by atoms with van der Waals surface area (Å²) in [4.78, 5) is 12.0. The van der Waals surface area contributed by atoms with Crippen molar-refractivity contribution >= 4 is 16.6 Å². The quantitative estimate of drug-likeness (QED) is 0.604. The summed E-state index contributed by atoms with van der Waals surface area (Å²) in [7, 11) is -0.957. The number of carbonyl (C=O) groups excluding carboxylic acids is 1. The van der Waals surface area contributed by atoms with Gasteiger partial charge in [-0.15, -0.1) is 0 Å². The maximum absolute atomic E-state index is 11.4. The molecule has 0 fully saturated rings. The molecule has 0 spiro atoms. The van der Waals surface area contributed by atoms with Crippen LogP contribution in [0.3, 0.4) is 0 Å². The van der Waals surface area contributed by atoms with E-state index in [9.17, 15) is 9.00 Å². The van der Waals surface area contributed by atoms with Crippen molar-refractivity contribution in [3.05, 3.63) is 29.8 Å². The number of fused-ring (bicyclic) bond motifs is 1. The Morgan fingerprint density at radius 2 is 2.00 bits per heavy atom. The van der Waals surface area contributed by atoms with Crippen LogP contribution in [0.25, 0.3) is 0 Å². The van der Waals surface area contributed by atoms with Gasteiger partial charge in [0.1, 0.15) is 0 Å². The first-order valence-electron chi connectivity index (χ1n) is 3.79. The van der Waals surface area contributed by atoms with Crippen LogP contribution in [0.5, 0.6) is 0 Å². The number of rotatable bonds is 0. The second-order valence-electron chi connectivity index (χ2n) is 2.72. The van der Waals surface area contributed by atoms with Crippen LogP contribution < -0.4 is 0 Å². The van der Waals surface area contributed by atoms with E-state index >= 15 is 0 Å². The average Bonchev–Trinajstić information content (AvgIpc) is 2.12. The molecule has 0 saturated heterocycles. The van der Waals surface area contributed by atoms with Gasteiger partial charge in [-0.2, -0.15) is 0 Å². The van der Waals surface area contributed by atoms with Crippen molar-refractivity contribution in [1.29, 1.82) is 0 Å². The largest absolute Gasteiger partial charge is 0.294 e. The molecule has 0 amide bonds. The zero-order chi connectivity index (χ0) is 8.55. The van der Waals surface area contributed by atoms with Crippen LogP contribution >= 0.6 is 0 Å². The number of benzene rings is 1. The van der Waals surface area contributed by atoms with Gasteiger partial charge in [0.15, 0.2) is 5.78 Å². The molecular formula is C9H8O2S. The smallest absolute Gasteiger partial charge is 0.165 e. The molecule has 1 heterocycles. The molecule has 0 radical (unpaired) electrons. The number of ketones is 1. The number of Topliss-reactive ketones (excluding diaryl/α,β-unsaturated/α-hetero) is 1. The number of hydrogen-bond acceptors (Lipinski definition) is 2. The summed E-state index contributed by atoms with van der Waals surface area (Å²) in [6.07, 6.45) is 0.420. The maximum Gasteiger partial charge on any atom is 0.165 e. The van der Waals surface area contributed by atoms with E-state index in [0.29, 0.717) is 22.6 Å². The van der Waals surface area contributed by atoms with E-state index in [0.717, 1.165) is 0 Å². The predicted molar refractivity (Wildman–Crippen MR) is 46.7 cm³/mol. The van der Waals surface area contributed by atoms with Gasteiger partial charge >= 0.3 is 0 Å². The highest BCUT2D eigenvalue weighted by Gasteiger charge is 2.21. The third kappa shape index (κ3) is 1.10. The lowest BCUT2D eigenvalue weighted by Gasteiger charge is -2.12. The molecule has 0 unspecified atom stereocenters. The van der Waals surface area contributed by atoms with Crippen molar-refractivity contribution in [1.82, 2.24) is 0 Å². The standard InChI is InChI=1S/C9H8O2S/c10-8-5-6-12(11)9-4-2-1-3-7(8)9/h1-4H,5-6H2/t12-/m1/s1. The lowest BCUT2D eigenvalue weighted by Crippen LogP contribution is -2.16. The first kappa shape index (κ1) is 7.68. The second-order valence-corrected chi connectivity index (χ2v) is 4.26. The summed E-state index contributed by atoms with van der Waals surface area (Å²) in [5.74, 6) is 0.598. The molecule has 2 nitrogen and oxygen atoms in total. The first-order chi connectivity index (χ1) is 5.79. The van der Waals surface area contributed by atoms with Gasteiger partial charge in [0.05, 0.1) is 10.8 Å². The maximum atomic E-state index is 11.4. The first-order valence-corrected chi connectivity index (χ1v) is 5.11. The summed E-state index contributed by atoms with van der Waals surface area (Å²) in [5.41, 5.74) is 0.641. The Hall–Kier alpha value is -0.960. The van der Waals surface area contributed by atoms with Crippen LogP contribution in [0.15, 0.2) is 29.2 Å². The zero-order valence-electron chi connectivity index (χ0n) is 6.45. The third-order valence-electron chi connectivity index (χ3n) is 1.95. The van der Waals surface area contributed by atoms with Gasteiger partial charge in [0.25, 0.3) is 0 Å². The molecule has 1 atom stereocenters. The van der Waals surface area contributed by atoms with E-state index in [2.05, 4.69) is 0 Å². The van der Waals surface area contributed by atoms with Gasteiger partial charge in [-0.25, -0.2) is 0 Å². The molecule has 3 heteroatoms. The number of carbonyl (C=O) groups is 1. The Morgan fingerprint density at radius 3 is 2.75 bits per heavy atom. The monoisotopic (exact) mass is 180 g/mol. The van der Waals surface area contributed by atoms with Crippen molar-refractivity contribution in [3.8, 4) is 0 Å². The van der Waals surface area contributed by atoms with Crippen molar-refractivity contribution in [2.24, 2.45) is 0 Å². The zero-order valence-corrected chi connectivity index (χ0v) is 7.26. The fourth-order valence-electron chi connectivity index (χ4n) is 1.33. The molecule has 1 aliphatic heterocycles. The van der Waals surface area contributed by atoms with E-state index < -0.39 is 10.8 Å². The van der Waals surface area contributed by atoms with Crippen LogP contribution in [0.4, 0.5) is 0 Å². The lowest BCUT2D eigenvalue weighted by molar-refractivity contribution is 0.0984. The van der Waals surface area contributed by atoms with Crippen LogP contribution in [0, 0.1) is 0 Å². The summed E-state index contributed by atoms with van der Waals surface area (Å²) >= 11 is 0. The van der Waals surface area contributed by atoms with Gasteiger partial charge < -0.3 is 0 Å². The van der Waals surface area contributed by atoms with Crippen LogP contribution in [-0.2, 0) is 10.8 Å². The molecule has 0 aromatic heterocycles. The topological polar surface area (TPSA) is 34.1 Å². The summed E-state index contributed by atoms with van der Waals surface area (Å²) in [5, 5.41) is 0. The third-order valence-corrected chi connectivity index (χ3v) is 3.37. The van der Waals surface area contributed by atoms with Gasteiger partial charge in [0, 0.05) is 22.6 Å². The summed E-state index contributed by atoms with van der Waals surface area (Å²) < 4.78 is 11.4. The minimum absolute atomic E-state index is 0.116. The summed E-state index contributed by atoms with van der Waals surface area (Å²) in [6, 6.07) is 7.13. The highest BCUT2D eigenvalue weighted by atomic mass is 32.2. The molecule has 1 aliphatic rings. The van der Waals surface area contributed by atoms with E-state index in [1.807, 2.05) is 6.07 Å². The Bertz CT molecular complexity index is 322. The minimum atomic E-state index is -0.957. The predicted octanol–water partition coefficient (Wildman–Crippen LogP) is 1.38. The highest BCUT2D eigenvalue weighted by Crippen LogP contribution is 2.20. The fraction of sp³-hybridized carbons (Fsp3) is 0.222. The van der Waals surface area contributed by atoms with E-state index in [1.54, 1.807) is 18.2 Å². The molecule has 0 N–H and O–H groups in total.